The summed E-state index contributed by atoms with van der Waals surface area (Å²) in [5.74, 6) is 0. The molecule has 0 N–H and O–H groups in total. The summed E-state index contributed by atoms with van der Waals surface area (Å²) in [6.07, 6.45) is 0. The van der Waals surface area contributed by atoms with E-state index in [9.17, 15) is 0 Å². The van der Waals surface area contributed by atoms with Gasteiger partial charge in [-0.3, -0.25) is 0 Å². The molecule has 580 valence electrons. The van der Waals surface area contributed by atoms with Crippen molar-refractivity contribution >= 4 is 87.2 Å². The van der Waals surface area contributed by atoms with Gasteiger partial charge in [0.2, 0.25) is 0 Å². The van der Waals surface area contributed by atoms with E-state index in [1.165, 1.54) is 198 Å². The van der Waals surface area contributed by atoms with Gasteiger partial charge in [0.05, 0.1) is 44.1 Å². The van der Waals surface area contributed by atoms with Gasteiger partial charge in [0.25, 0.3) is 0 Å². The molecule has 4 aromatic heterocycles. The van der Waals surface area contributed by atoms with Gasteiger partial charge in [-0.15, -0.1) is 0 Å². The number of hydrogen-bond acceptors (Lipinski definition) is 0. The molecule has 0 atom stereocenters. The van der Waals surface area contributed by atoms with Crippen LogP contribution >= 0.6 is 0 Å². The normalized spacial score (nSPS) is 11.5. The van der Waals surface area contributed by atoms with Crippen LogP contribution in [0.2, 0.25) is 0 Å². The van der Waals surface area contributed by atoms with Gasteiger partial charge in [-0.2, -0.15) is 0 Å². The predicted molar refractivity (Wildman–Crippen MR) is 525 cm³/mol. The van der Waals surface area contributed by atoms with Crippen LogP contribution in [0, 0.1) is 0 Å². The lowest BCUT2D eigenvalue weighted by Crippen LogP contribution is -1.96. The summed E-state index contributed by atoms with van der Waals surface area (Å²) >= 11 is 0. The number of fused-ring (bicyclic) bond motifs is 12. The average molecular weight is 1580 g/mol. The lowest BCUT2D eigenvalue weighted by molar-refractivity contribution is 1.18. The summed E-state index contributed by atoms with van der Waals surface area (Å²) in [5, 5.41) is 9.92. The zero-order valence-electron chi connectivity index (χ0n) is 68.0. The Morgan fingerprint density at radius 1 is 0.0968 bits per heavy atom. The first-order valence-corrected chi connectivity index (χ1v) is 42.7. The Morgan fingerprint density at radius 3 is 0.629 bits per heavy atom. The summed E-state index contributed by atoms with van der Waals surface area (Å²) in [6, 6.07) is 177. The Balaban J connectivity index is 0.000000143. The number of rotatable bonds is 14. The molecule has 0 saturated heterocycles. The minimum absolute atomic E-state index is 1.14. The minimum Gasteiger partial charge on any atom is -0.309 e. The molecule has 124 heavy (non-hydrogen) atoms. The lowest BCUT2D eigenvalue weighted by atomic mass is 9.94. The Morgan fingerprint density at radius 2 is 0.298 bits per heavy atom. The molecule has 20 aromatic carbocycles. The van der Waals surface area contributed by atoms with Gasteiger partial charge >= 0.3 is 0 Å². The molecule has 4 heteroatoms. The van der Waals surface area contributed by atoms with Crippen LogP contribution in [-0.4, -0.2) is 18.3 Å². The topological polar surface area (TPSA) is 19.7 Å². The van der Waals surface area contributed by atoms with Crippen molar-refractivity contribution in [2.75, 3.05) is 0 Å². The summed E-state index contributed by atoms with van der Waals surface area (Å²) in [5.41, 5.74) is 38.3. The molecule has 4 nitrogen and oxygen atoms in total. The highest BCUT2D eigenvalue weighted by Gasteiger charge is 2.22. The number of hydrogen-bond donors (Lipinski definition) is 0. The molecule has 0 bridgehead atoms. The second-order valence-electron chi connectivity index (χ2n) is 32.3. The highest BCUT2D eigenvalue weighted by Crippen LogP contribution is 2.45. The van der Waals surface area contributed by atoms with Crippen LogP contribution in [-0.2, 0) is 0 Å². The fourth-order valence-corrected chi connectivity index (χ4v) is 19.2. The second kappa shape index (κ2) is 31.1. The standard InChI is InChI=1S/2C60H40N2/c1-4-15-41(16-5-1)44-27-29-45(30-28-44)46-21-14-22-51(36-46)61-57-25-12-10-23-53(57)55-39-47(31-33-59(55)61)48-32-34-60-56(40-48)54-24-11-13-26-58(54)62(60)52-37-49(42-17-6-2-7-18-42)35-50(38-52)43-19-8-3-9-20-43;1-3-17-41(18-4-1)49-25-7-9-27-51(49)45-21-15-23-47(37-45)61-57-31-13-11-29-53(57)55-39-43(33-35-59(55)61)44-34-36-60-56(40-44)54-30-12-14-32-58(54)62(60)48-24-16-22-46(38-48)52-28-10-8-26-50(52)42-19-5-2-6-20-42/h2*1-40H. The van der Waals surface area contributed by atoms with E-state index in [4.69, 9.17) is 0 Å². The van der Waals surface area contributed by atoms with Crippen LogP contribution in [0.3, 0.4) is 0 Å². The minimum atomic E-state index is 1.14. The van der Waals surface area contributed by atoms with Crippen LogP contribution < -0.4 is 0 Å². The molecular formula is C120H80N4. The second-order valence-corrected chi connectivity index (χ2v) is 32.3. The molecule has 0 fully saturated rings. The predicted octanol–water partition coefficient (Wildman–Crippen LogP) is 32.4. The quantitative estimate of drug-likeness (QED) is 0.103. The number of para-hydroxylation sites is 4. The van der Waals surface area contributed by atoms with Crippen molar-refractivity contribution in [2.24, 2.45) is 0 Å². The molecule has 0 amide bonds. The Hall–Kier alpha value is -16.4. The van der Waals surface area contributed by atoms with E-state index >= 15 is 0 Å². The Bertz CT molecular complexity index is 7890. The number of nitrogens with zero attached hydrogens (tertiary/aromatic N) is 4. The molecule has 24 rings (SSSR count). The fourth-order valence-electron chi connectivity index (χ4n) is 19.2. The van der Waals surface area contributed by atoms with Gasteiger partial charge in [0.15, 0.2) is 0 Å². The van der Waals surface area contributed by atoms with Crippen molar-refractivity contribution in [3.63, 3.8) is 0 Å². The Kier molecular flexibility index (Phi) is 18.2. The van der Waals surface area contributed by atoms with E-state index in [1.54, 1.807) is 0 Å². The van der Waals surface area contributed by atoms with E-state index in [2.05, 4.69) is 504 Å². The summed E-state index contributed by atoms with van der Waals surface area (Å²) in [7, 11) is 0. The molecule has 0 radical (unpaired) electrons. The first-order chi connectivity index (χ1) is 61.5. The van der Waals surface area contributed by atoms with Crippen LogP contribution in [0.1, 0.15) is 0 Å². The molecule has 0 aliphatic heterocycles. The van der Waals surface area contributed by atoms with E-state index in [0.29, 0.717) is 0 Å². The lowest BCUT2D eigenvalue weighted by Gasteiger charge is -2.14. The van der Waals surface area contributed by atoms with Crippen molar-refractivity contribution in [1.29, 1.82) is 0 Å². The first-order valence-electron chi connectivity index (χ1n) is 42.7. The van der Waals surface area contributed by atoms with E-state index in [0.717, 1.165) is 22.7 Å². The third-order valence-corrected chi connectivity index (χ3v) is 25.0. The van der Waals surface area contributed by atoms with Gasteiger partial charge in [-0.05, 0) is 239 Å². The average Bonchev–Trinajstić information content (AvgIpc) is 1.61. The van der Waals surface area contributed by atoms with E-state index in [-0.39, 0.29) is 0 Å². The van der Waals surface area contributed by atoms with Crippen molar-refractivity contribution in [3.05, 3.63) is 485 Å². The van der Waals surface area contributed by atoms with Crippen molar-refractivity contribution in [3.8, 4) is 134 Å². The smallest absolute Gasteiger partial charge is 0.0541 e. The van der Waals surface area contributed by atoms with Gasteiger partial charge < -0.3 is 18.3 Å². The van der Waals surface area contributed by atoms with Gasteiger partial charge in [0.1, 0.15) is 0 Å². The van der Waals surface area contributed by atoms with E-state index in [1.807, 2.05) is 0 Å². The van der Waals surface area contributed by atoms with Crippen molar-refractivity contribution in [2.45, 2.75) is 0 Å². The molecule has 24 aromatic rings. The highest BCUT2D eigenvalue weighted by molar-refractivity contribution is 6.15. The maximum absolute atomic E-state index is 2.44. The molecule has 0 saturated carbocycles. The zero-order chi connectivity index (χ0) is 82.0. The monoisotopic (exact) mass is 1580 g/mol. The molecule has 0 aliphatic rings. The zero-order valence-corrected chi connectivity index (χ0v) is 68.0. The summed E-state index contributed by atoms with van der Waals surface area (Å²) < 4.78 is 9.70. The highest BCUT2D eigenvalue weighted by atomic mass is 15.0. The Labute approximate surface area is 719 Å². The SMILES string of the molecule is c1ccc(-c2ccc(-c3cccc(-n4c5ccccc5c5cc(-c6ccc7c(c6)c6ccccc6n7-c6cc(-c7ccccc7)cc(-c7ccccc7)c6)ccc54)c3)cc2)cc1.c1ccc(-c2ccccc2-c2cccc(-n3c4ccccc4c4cc(-c5ccc6c(c5)c5ccccc5n6-c5cccc(-c6ccccc6-c6ccccc6)c5)ccc43)c2)cc1. The van der Waals surface area contributed by atoms with E-state index < -0.39 is 0 Å². The number of aromatic nitrogens is 4. The molecule has 4 heterocycles. The molecular weight excluding hydrogens is 1500 g/mol. The third kappa shape index (κ3) is 13.0. The van der Waals surface area contributed by atoms with Gasteiger partial charge in [-0.25, -0.2) is 0 Å². The van der Waals surface area contributed by atoms with Gasteiger partial charge in [0, 0.05) is 65.8 Å². The fraction of sp³-hybridized carbons (Fsp3) is 0. The summed E-state index contributed by atoms with van der Waals surface area (Å²) in [6.45, 7) is 0. The van der Waals surface area contributed by atoms with Gasteiger partial charge in [-0.1, -0.05) is 358 Å². The first kappa shape index (κ1) is 72.8. The maximum Gasteiger partial charge on any atom is 0.0541 e. The van der Waals surface area contributed by atoms with Crippen molar-refractivity contribution < 1.29 is 0 Å². The summed E-state index contributed by atoms with van der Waals surface area (Å²) in [4.78, 5) is 0. The van der Waals surface area contributed by atoms with Crippen LogP contribution in [0.25, 0.3) is 221 Å². The third-order valence-electron chi connectivity index (χ3n) is 25.0. The van der Waals surface area contributed by atoms with Crippen LogP contribution in [0.5, 0.6) is 0 Å². The molecule has 0 spiro atoms. The molecule has 0 unspecified atom stereocenters. The van der Waals surface area contributed by atoms with Crippen LogP contribution in [0.15, 0.2) is 485 Å². The number of benzene rings is 20. The maximum atomic E-state index is 2.44. The molecule has 0 aliphatic carbocycles. The van der Waals surface area contributed by atoms with Crippen molar-refractivity contribution in [1.82, 2.24) is 18.3 Å². The largest absolute Gasteiger partial charge is 0.309 e. The van der Waals surface area contributed by atoms with Crippen LogP contribution in [0.4, 0.5) is 0 Å².